The molecular formula is C9H16O3. The van der Waals surface area contributed by atoms with E-state index in [-0.39, 0.29) is 12.5 Å². The lowest BCUT2D eigenvalue weighted by Gasteiger charge is -2.05. The molecule has 0 aliphatic carbocycles. The molecule has 0 heterocycles. The Hall–Kier alpha value is -0.830. The minimum atomic E-state index is -0.770. The van der Waals surface area contributed by atoms with E-state index >= 15 is 0 Å². The molecule has 0 fully saturated rings. The van der Waals surface area contributed by atoms with E-state index in [9.17, 15) is 9.90 Å². The zero-order valence-electron chi connectivity index (χ0n) is 7.20. The summed E-state index contributed by atoms with van der Waals surface area (Å²) in [5.74, 6) is -0.770. The first kappa shape index (κ1) is 11.2. The molecule has 0 rings (SSSR count). The smallest absolute Gasteiger partial charge is 0.303 e. The van der Waals surface area contributed by atoms with Crippen LogP contribution in [0.15, 0.2) is 12.7 Å². The van der Waals surface area contributed by atoms with Crippen molar-refractivity contribution in [2.75, 3.05) is 0 Å². The maximum Gasteiger partial charge on any atom is 0.303 e. The average Bonchev–Trinajstić information content (AvgIpc) is 1.98. The molecule has 2 N–H and O–H groups in total. The molecule has 0 amide bonds. The van der Waals surface area contributed by atoms with Crippen LogP contribution in [-0.4, -0.2) is 22.3 Å². The van der Waals surface area contributed by atoms with Crippen molar-refractivity contribution in [1.82, 2.24) is 0 Å². The minimum absolute atomic E-state index is 0.195. The van der Waals surface area contributed by atoms with Crippen LogP contribution in [0.1, 0.15) is 32.1 Å². The molecule has 0 spiro atoms. The van der Waals surface area contributed by atoms with Crippen LogP contribution in [0.2, 0.25) is 0 Å². The second-order valence-corrected chi connectivity index (χ2v) is 2.82. The fourth-order valence-corrected chi connectivity index (χ4v) is 0.966. The summed E-state index contributed by atoms with van der Waals surface area (Å²) < 4.78 is 0. The van der Waals surface area contributed by atoms with Crippen molar-refractivity contribution in [2.24, 2.45) is 0 Å². The minimum Gasteiger partial charge on any atom is -0.481 e. The van der Waals surface area contributed by atoms with E-state index in [1.807, 2.05) is 0 Å². The van der Waals surface area contributed by atoms with Crippen molar-refractivity contribution in [1.29, 1.82) is 0 Å². The van der Waals surface area contributed by atoms with Gasteiger partial charge in [-0.3, -0.25) is 4.79 Å². The Bertz CT molecular complexity index is 143. The van der Waals surface area contributed by atoms with Crippen LogP contribution in [0.25, 0.3) is 0 Å². The molecule has 0 aromatic heterocycles. The zero-order valence-corrected chi connectivity index (χ0v) is 7.20. The highest BCUT2D eigenvalue weighted by atomic mass is 16.4. The van der Waals surface area contributed by atoms with Crippen LogP contribution in [0.4, 0.5) is 0 Å². The van der Waals surface area contributed by atoms with Crippen LogP contribution in [0.3, 0.4) is 0 Å². The molecule has 0 radical (unpaired) electrons. The number of hydrogen-bond donors (Lipinski definition) is 2. The maximum absolute atomic E-state index is 10.1. The van der Waals surface area contributed by atoms with E-state index in [0.29, 0.717) is 19.3 Å². The molecule has 0 aliphatic heterocycles. The van der Waals surface area contributed by atoms with Crippen molar-refractivity contribution >= 4 is 5.97 Å². The normalized spacial score (nSPS) is 12.4. The molecule has 0 saturated heterocycles. The van der Waals surface area contributed by atoms with E-state index in [1.54, 1.807) is 6.08 Å². The summed E-state index contributed by atoms with van der Waals surface area (Å²) in [6.45, 7) is 3.50. The number of hydrogen-bond acceptors (Lipinski definition) is 2. The van der Waals surface area contributed by atoms with Gasteiger partial charge in [-0.2, -0.15) is 0 Å². The highest BCUT2D eigenvalue weighted by molar-refractivity contribution is 5.66. The molecule has 3 heteroatoms. The number of carbonyl (C=O) groups is 1. The van der Waals surface area contributed by atoms with Gasteiger partial charge in [0.25, 0.3) is 0 Å². The molecule has 0 aromatic rings. The number of aliphatic hydroxyl groups excluding tert-OH is 1. The molecule has 1 atom stereocenters. The fraction of sp³-hybridized carbons (Fsp3) is 0.667. The van der Waals surface area contributed by atoms with E-state index < -0.39 is 5.97 Å². The number of aliphatic hydroxyl groups is 1. The van der Waals surface area contributed by atoms with Crippen molar-refractivity contribution < 1.29 is 15.0 Å². The zero-order chi connectivity index (χ0) is 9.40. The first-order valence-electron chi connectivity index (χ1n) is 4.17. The third-order valence-electron chi connectivity index (χ3n) is 1.62. The Morgan fingerprint density at radius 2 is 2.17 bits per heavy atom. The Kier molecular flexibility index (Phi) is 6.38. The first-order chi connectivity index (χ1) is 5.66. The predicted molar refractivity (Wildman–Crippen MR) is 46.9 cm³/mol. The second-order valence-electron chi connectivity index (χ2n) is 2.82. The van der Waals surface area contributed by atoms with Gasteiger partial charge in [-0.1, -0.05) is 12.5 Å². The molecule has 0 saturated carbocycles. The summed E-state index contributed by atoms with van der Waals surface area (Å²) in [6, 6.07) is 0. The maximum atomic E-state index is 10.1. The van der Waals surface area contributed by atoms with Crippen molar-refractivity contribution in [3.63, 3.8) is 0 Å². The van der Waals surface area contributed by atoms with Gasteiger partial charge in [0.2, 0.25) is 0 Å². The third-order valence-corrected chi connectivity index (χ3v) is 1.62. The van der Waals surface area contributed by atoms with E-state index in [4.69, 9.17) is 5.11 Å². The summed E-state index contributed by atoms with van der Waals surface area (Å²) >= 11 is 0. The van der Waals surface area contributed by atoms with E-state index in [1.165, 1.54) is 0 Å². The molecule has 0 aliphatic rings. The van der Waals surface area contributed by atoms with Gasteiger partial charge in [0.05, 0.1) is 6.10 Å². The average molecular weight is 172 g/mol. The van der Waals surface area contributed by atoms with Crippen LogP contribution < -0.4 is 0 Å². The molecule has 12 heavy (non-hydrogen) atoms. The lowest BCUT2D eigenvalue weighted by molar-refractivity contribution is -0.137. The molecule has 1 unspecified atom stereocenters. The number of unbranched alkanes of at least 4 members (excludes halogenated alkanes) is 1. The van der Waals surface area contributed by atoms with Crippen molar-refractivity contribution in [3.05, 3.63) is 12.7 Å². The molecule has 0 aromatic carbocycles. The van der Waals surface area contributed by atoms with Gasteiger partial charge in [0.1, 0.15) is 0 Å². The topological polar surface area (TPSA) is 57.5 Å². The highest BCUT2D eigenvalue weighted by Crippen LogP contribution is 2.06. The number of carboxylic acids is 1. The second kappa shape index (κ2) is 6.85. The standard InChI is InChI=1S/C9H16O3/c1-2-5-8(10)6-3-4-7-9(11)12/h2,8,10H,1,3-7H2,(H,11,12). The number of rotatable bonds is 7. The molecule has 3 nitrogen and oxygen atoms in total. The lowest BCUT2D eigenvalue weighted by Crippen LogP contribution is -2.04. The highest BCUT2D eigenvalue weighted by Gasteiger charge is 2.02. The Morgan fingerprint density at radius 1 is 1.50 bits per heavy atom. The van der Waals surface area contributed by atoms with Crippen molar-refractivity contribution in [3.8, 4) is 0 Å². The van der Waals surface area contributed by atoms with E-state index in [2.05, 4.69) is 6.58 Å². The Morgan fingerprint density at radius 3 is 2.67 bits per heavy atom. The molecular weight excluding hydrogens is 156 g/mol. The van der Waals surface area contributed by atoms with Crippen LogP contribution in [0, 0.1) is 0 Å². The third kappa shape index (κ3) is 7.28. The van der Waals surface area contributed by atoms with Gasteiger partial charge in [-0.15, -0.1) is 6.58 Å². The SMILES string of the molecule is C=CCC(O)CCCCC(=O)O. The van der Waals surface area contributed by atoms with Gasteiger partial charge in [-0.05, 0) is 19.3 Å². The molecule has 0 bridgehead atoms. The van der Waals surface area contributed by atoms with Crippen LogP contribution >= 0.6 is 0 Å². The summed E-state index contributed by atoms with van der Waals surface area (Å²) in [5.41, 5.74) is 0. The van der Waals surface area contributed by atoms with Gasteiger partial charge in [-0.25, -0.2) is 0 Å². The lowest BCUT2D eigenvalue weighted by atomic mass is 10.1. The molecule has 70 valence electrons. The number of aliphatic carboxylic acids is 1. The Balaban J connectivity index is 3.18. The van der Waals surface area contributed by atoms with Crippen LogP contribution in [-0.2, 0) is 4.79 Å². The largest absolute Gasteiger partial charge is 0.481 e. The predicted octanol–water partition coefficient (Wildman–Crippen LogP) is 1.57. The Labute approximate surface area is 72.7 Å². The first-order valence-corrected chi connectivity index (χ1v) is 4.17. The quantitative estimate of drug-likeness (QED) is 0.452. The fourth-order valence-electron chi connectivity index (χ4n) is 0.966. The van der Waals surface area contributed by atoms with Gasteiger partial charge >= 0.3 is 5.97 Å². The van der Waals surface area contributed by atoms with Gasteiger partial charge in [0, 0.05) is 6.42 Å². The summed E-state index contributed by atoms with van der Waals surface area (Å²) in [5, 5.41) is 17.5. The summed E-state index contributed by atoms with van der Waals surface area (Å²) in [6.07, 6.45) is 4.18. The van der Waals surface area contributed by atoms with Crippen LogP contribution in [0.5, 0.6) is 0 Å². The van der Waals surface area contributed by atoms with Crippen molar-refractivity contribution in [2.45, 2.75) is 38.2 Å². The summed E-state index contributed by atoms with van der Waals surface area (Å²) in [4.78, 5) is 10.1. The monoisotopic (exact) mass is 172 g/mol. The van der Waals surface area contributed by atoms with Gasteiger partial charge in [0.15, 0.2) is 0 Å². The van der Waals surface area contributed by atoms with E-state index in [0.717, 1.165) is 6.42 Å². The summed E-state index contributed by atoms with van der Waals surface area (Å²) in [7, 11) is 0. The number of carboxylic acid groups (broad SMARTS) is 1. The van der Waals surface area contributed by atoms with Gasteiger partial charge < -0.3 is 10.2 Å².